The largest absolute Gasteiger partial charge is 0.347 e. The molecule has 1 heterocycles. The number of pyridine rings is 1. The Morgan fingerprint density at radius 3 is 2.93 bits per heavy atom. The Morgan fingerprint density at radius 2 is 2.33 bits per heavy atom. The average molecular weight is 290 g/mol. The van der Waals surface area contributed by atoms with Crippen LogP contribution in [-0.2, 0) is 0 Å². The van der Waals surface area contributed by atoms with Gasteiger partial charge in [0.25, 0.3) is 5.91 Å². The van der Waals surface area contributed by atoms with Gasteiger partial charge in [-0.1, -0.05) is 11.6 Å². The van der Waals surface area contributed by atoms with Crippen LogP contribution in [0.1, 0.15) is 30.1 Å². The standard InChI is InChI=1S/C10H10BrClN2O/c1-10(2-3-10)14-9(15)7-4-6(11)5-13-8(7)12/h4-5H,2-3H2,1H3,(H,14,15). The molecule has 1 aliphatic rings. The van der Waals surface area contributed by atoms with Gasteiger partial charge < -0.3 is 5.32 Å². The zero-order valence-electron chi connectivity index (χ0n) is 8.18. The Bertz CT molecular complexity index is 418. The second kappa shape index (κ2) is 3.76. The van der Waals surface area contributed by atoms with Crippen LogP contribution in [0.15, 0.2) is 16.7 Å². The van der Waals surface area contributed by atoms with Gasteiger partial charge in [0.15, 0.2) is 0 Å². The molecule has 15 heavy (non-hydrogen) atoms. The number of hydrogen-bond donors (Lipinski definition) is 1. The van der Waals surface area contributed by atoms with Crippen molar-refractivity contribution >= 4 is 33.4 Å². The van der Waals surface area contributed by atoms with Crippen LogP contribution in [0.2, 0.25) is 5.15 Å². The third-order valence-electron chi connectivity index (χ3n) is 2.47. The van der Waals surface area contributed by atoms with E-state index in [9.17, 15) is 4.79 Å². The van der Waals surface area contributed by atoms with Gasteiger partial charge in [0, 0.05) is 16.2 Å². The highest BCUT2D eigenvalue weighted by Crippen LogP contribution is 2.34. The monoisotopic (exact) mass is 288 g/mol. The zero-order chi connectivity index (χ0) is 11.1. The molecule has 0 aliphatic heterocycles. The van der Waals surface area contributed by atoms with Gasteiger partial charge in [0.2, 0.25) is 0 Å². The normalized spacial score (nSPS) is 17.3. The molecule has 5 heteroatoms. The number of aromatic nitrogens is 1. The maximum atomic E-state index is 11.8. The van der Waals surface area contributed by atoms with Crippen LogP contribution in [0.3, 0.4) is 0 Å². The summed E-state index contributed by atoms with van der Waals surface area (Å²) in [7, 11) is 0. The third kappa shape index (κ3) is 2.49. The predicted molar refractivity (Wildman–Crippen MR) is 62.1 cm³/mol. The fraction of sp³-hybridized carbons (Fsp3) is 0.400. The van der Waals surface area contributed by atoms with Crippen molar-refractivity contribution in [2.75, 3.05) is 0 Å². The lowest BCUT2D eigenvalue weighted by molar-refractivity contribution is 0.0935. The Kier molecular flexibility index (Phi) is 2.73. The minimum absolute atomic E-state index is 0.0390. The van der Waals surface area contributed by atoms with Crippen molar-refractivity contribution < 1.29 is 4.79 Å². The minimum atomic E-state index is -0.159. The third-order valence-corrected chi connectivity index (χ3v) is 3.20. The molecular weight excluding hydrogens is 279 g/mol. The topological polar surface area (TPSA) is 42.0 Å². The summed E-state index contributed by atoms with van der Waals surface area (Å²) >= 11 is 9.11. The van der Waals surface area contributed by atoms with Crippen molar-refractivity contribution in [1.29, 1.82) is 0 Å². The zero-order valence-corrected chi connectivity index (χ0v) is 10.5. The molecule has 1 aliphatic carbocycles. The fourth-order valence-electron chi connectivity index (χ4n) is 1.24. The van der Waals surface area contributed by atoms with E-state index in [-0.39, 0.29) is 16.6 Å². The number of halogens is 2. The van der Waals surface area contributed by atoms with Gasteiger partial charge >= 0.3 is 0 Å². The van der Waals surface area contributed by atoms with Crippen LogP contribution in [-0.4, -0.2) is 16.4 Å². The van der Waals surface area contributed by atoms with Gasteiger partial charge in [-0.05, 0) is 41.8 Å². The van der Waals surface area contributed by atoms with E-state index in [1.807, 2.05) is 6.92 Å². The number of carbonyl (C=O) groups is 1. The summed E-state index contributed by atoms with van der Waals surface area (Å²) in [6.45, 7) is 2.02. The fourth-order valence-corrected chi connectivity index (χ4v) is 1.76. The Balaban J connectivity index is 2.21. The van der Waals surface area contributed by atoms with Crippen LogP contribution in [0.25, 0.3) is 0 Å². The second-order valence-electron chi connectivity index (χ2n) is 4.01. The van der Waals surface area contributed by atoms with Gasteiger partial charge in [-0.2, -0.15) is 0 Å². The molecule has 0 radical (unpaired) electrons. The Labute approximate surface area is 101 Å². The number of amides is 1. The first-order valence-electron chi connectivity index (χ1n) is 4.64. The molecule has 3 nitrogen and oxygen atoms in total. The molecule has 0 saturated heterocycles. The molecule has 1 amide bonds. The van der Waals surface area contributed by atoms with E-state index in [0.717, 1.165) is 17.3 Å². The highest BCUT2D eigenvalue weighted by atomic mass is 79.9. The summed E-state index contributed by atoms with van der Waals surface area (Å²) in [5.41, 5.74) is 0.377. The summed E-state index contributed by atoms with van der Waals surface area (Å²) in [6.07, 6.45) is 3.62. The molecule has 0 spiro atoms. The van der Waals surface area contributed by atoms with Crippen molar-refractivity contribution in [1.82, 2.24) is 10.3 Å². The summed E-state index contributed by atoms with van der Waals surface area (Å²) in [5, 5.41) is 3.17. The van der Waals surface area contributed by atoms with E-state index < -0.39 is 0 Å². The molecule has 1 N–H and O–H groups in total. The Hall–Kier alpha value is -0.610. The number of carbonyl (C=O) groups excluding carboxylic acids is 1. The maximum Gasteiger partial charge on any atom is 0.254 e. The number of nitrogens with one attached hydrogen (secondary N) is 1. The molecule has 1 fully saturated rings. The first kappa shape index (κ1) is 10.9. The summed E-state index contributed by atoms with van der Waals surface area (Å²) in [5.74, 6) is -0.159. The van der Waals surface area contributed by atoms with E-state index in [1.165, 1.54) is 0 Å². The number of hydrogen-bond acceptors (Lipinski definition) is 2. The molecule has 0 bridgehead atoms. The van der Waals surface area contributed by atoms with Gasteiger partial charge in [0.05, 0.1) is 5.56 Å². The van der Waals surface area contributed by atoms with E-state index >= 15 is 0 Å². The van der Waals surface area contributed by atoms with Gasteiger partial charge in [-0.3, -0.25) is 4.79 Å². The van der Waals surface area contributed by atoms with Crippen LogP contribution >= 0.6 is 27.5 Å². The van der Waals surface area contributed by atoms with E-state index in [1.54, 1.807) is 12.3 Å². The molecule has 2 rings (SSSR count). The average Bonchev–Trinajstić information content (AvgIpc) is 2.87. The molecule has 0 aromatic carbocycles. The SMILES string of the molecule is CC1(NC(=O)c2cc(Br)cnc2Cl)CC1. The van der Waals surface area contributed by atoms with Crippen LogP contribution < -0.4 is 5.32 Å². The van der Waals surface area contributed by atoms with Crippen LogP contribution in [0.5, 0.6) is 0 Å². The summed E-state index contributed by atoms with van der Waals surface area (Å²) in [4.78, 5) is 15.7. The molecule has 80 valence electrons. The minimum Gasteiger partial charge on any atom is -0.347 e. The van der Waals surface area contributed by atoms with E-state index in [0.29, 0.717) is 5.56 Å². The van der Waals surface area contributed by atoms with E-state index in [4.69, 9.17) is 11.6 Å². The molecule has 1 aromatic heterocycles. The van der Waals surface area contributed by atoms with Crippen LogP contribution in [0, 0.1) is 0 Å². The van der Waals surface area contributed by atoms with Crippen molar-refractivity contribution in [3.05, 3.63) is 27.5 Å². The first-order chi connectivity index (χ1) is 7.00. The van der Waals surface area contributed by atoms with Gasteiger partial charge in [-0.15, -0.1) is 0 Å². The highest BCUT2D eigenvalue weighted by molar-refractivity contribution is 9.10. The molecular formula is C10H10BrClN2O. The lowest BCUT2D eigenvalue weighted by Gasteiger charge is -2.11. The quantitative estimate of drug-likeness (QED) is 0.851. The maximum absolute atomic E-state index is 11.8. The lowest BCUT2D eigenvalue weighted by Crippen LogP contribution is -2.34. The van der Waals surface area contributed by atoms with Gasteiger partial charge in [-0.25, -0.2) is 4.98 Å². The molecule has 1 saturated carbocycles. The van der Waals surface area contributed by atoms with Crippen LogP contribution in [0.4, 0.5) is 0 Å². The van der Waals surface area contributed by atoms with Crippen molar-refractivity contribution in [2.24, 2.45) is 0 Å². The first-order valence-corrected chi connectivity index (χ1v) is 5.81. The highest BCUT2D eigenvalue weighted by Gasteiger charge is 2.39. The number of rotatable bonds is 2. The number of nitrogens with zero attached hydrogens (tertiary/aromatic N) is 1. The van der Waals surface area contributed by atoms with Crippen molar-refractivity contribution in [3.63, 3.8) is 0 Å². The summed E-state index contributed by atoms with van der Waals surface area (Å²) in [6, 6.07) is 1.68. The second-order valence-corrected chi connectivity index (χ2v) is 5.28. The molecule has 1 aromatic rings. The van der Waals surface area contributed by atoms with Gasteiger partial charge in [0.1, 0.15) is 5.15 Å². The molecule has 0 atom stereocenters. The van der Waals surface area contributed by atoms with Crippen molar-refractivity contribution in [3.8, 4) is 0 Å². The lowest BCUT2D eigenvalue weighted by atomic mass is 10.2. The smallest absolute Gasteiger partial charge is 0.254 e. The Morgan fingerprint density at radius 1 is 1.67 bits per heavy atom. The summed E-state index contributed by atoms with van der Waals surface area (Å²) < 4.78 is 0.748. The molecule has 0 unspecified atom stereocenters. The predicted octanol–water partition coefficient (Wildman–Crippen LogP) is 2.78. The van der Waals surface area contributed by atoms with E-state index in [2.05, 4.69) is 26.2 Å². The van der Waals surface area contributed by atoms with Crippen molar-refractivity contribution in [2.45, 2.75) is 25.3 Å².